The van der Waals surface area contributed by atoms with Gasteiger partial charge in [0.05, 0.1) is 13.2 Å². The summed E-state index contributed by atoms with van der Waals surface area (Å²) in [5, 5.41) is 3.82. The van der Waals surface area contributed by atoms with E-state index in [1.54, 1.807) is 0 Å². The Kier molecular flexibility index (Phi) is 5.98. The van der Waals surface area contributed by atoms with Gasteiger partial charge in [0.1, 0.15) is 6.10 Å². The van der Waals surface area contributed by atoms with Gasteiger partial charge >= 0.3 is 6.03 Å². The summed E-state index contributed by atoms with van der Waals surface area (Å²) >= 11 is 5.94. The summed E-state index contributed by atoms with van der Waals surface area (Å²) in [6.45, 7) is 4.81. The smallest absolute Gasteiger partial charge is 0.317 e. The van der Waals surface area contributed by atoms with Gasteiger partial charge in [-0.2, -0.15) is 0 Å². The van der Waals surface area contributed by atoms with Gasteiger partial charge in [0.25, 0.3) is 0 Å². The third kappa shape index (κ3) is 4.62. The van der Waals surface area contributed by atoms with E-state index < -0.39 is 0 Å². The number of rotatable bonds is 3. The average Bonchev–Trinajstić information content (AvgIpc) is 2.62. The van der Waals surface area contributed by atoms with Crippen molar-refractivity contribution in [2.24, 2.45) is 5.92 Å². The number of piperidine rings is 1. The van der Waals surface area contributed by atoms with Crippen molar-refractivity contribution in [2.45, 2.75) is 18.9 Å². The third-order valence-electron chi connectivity index (χ3n) is 4.98. The number of nitrogens with zero attached hydrogens (tertiary/aromatic N) is 2. The van der Waals surface area contributed by atoms with E-state index in [1.807, 2.05) is 29.2 Å². The molecule has 132 valence electrons. The molecule has 5 nitrogen and oxygen atoms in total. The molecule has 1 atom stereocenters. The highest BCUT2D eigenvalue weighted by molar-refractivity contribution is 6.30. The van der Waals surface area contributed by atoms with Gasteiger partial charge < -0.3 is 19.9 Å². The van der Waals surface area contributed by atoms with Gasteiger partial charge in [-0.25, -0.2) is 4.79 Å². The van der Waals surface area contributed by atoms with Crippen molar-refractivity contribution in [2.75, 3.05) is 46.4 Å². The number of ether oxygens (including phenoxy) is 1. The molecule has 2 fully saturated rings. The quantitative estimate of drug-likeness (QED) is 0.910. The number of nitrogens with one attached hydrogen (secondary N) is 1. The number of morpholine rings is 1. The minimum Gasteiger partial charge on any atom is -0.370 e. The highest BCUT2D eigenvalue weighted by Crippen LogP contribution is 2.24. The van der Waals surface area contributed by atoms with E-state index in [1.165, 1.54) is 0 Å². The van der Waals surface area contributed by atoms with E-state index in [4.69, 9.17) is 16.3 Å². The molecule has 2 aliphatic rings. The van der Waals surface area contributed by atoms with Crippen molar-refractivity contribution in [1.82, 2.24) is 15.1 Å². The first kappa shape index (κ1) is 17.5. The van der Waals surface area contributed by atoms with Gasteiger partial charge in [0.2, 0.25) is 0 Å². The number of amides is 2. The van der Waals surface area contributed by atoms with Crippen LogP contribution in [0.1, 0.15) is 24.5 Å². The maximum absolute atomic E-state index is 12.5. The van der Waals surface area contributed by atoms with Crippen molar-refractivity contribution in [3.63, 3.8) is 0 Å². The molecular formula is C18H26ClN3O2. The normalized spacial score (nSPS) is 23.2. The molecule has 1 aromatic carbocycles. The summed E-state index contributed by atoms with van der Waals surface area (Å²) in [6, 6.07) is 7.68. The molecule has 0 radical (unpaired) electrons. The maximum atomic E-state index is 12.5. The van der Waals surface area contributed by atoms with Gasteiger partial charge in [-0.15, -0.1) is 0 Å². The molecule has 2 heterocycles. The standard InChI is InChI=1S/C18H26ClN3O2/c1-21-8-6-14(7-9-21)12-20-18(23)22-10-11-24-17(13-22)15-2-4-16(19)5-3-15/h2-5,14,17H,6-13H2,1H3,(H,20,23)/t17-/m0/s1. The van der Waals surface area contributed by atoms with Gasteiger partial charge in [0, 0.05) is 18.1 Å². The second kappa shape index (κ2) is 8.19. The molecule has 1 aromatic rings. The first-order chi connectivity index (χ1) is 11.6. The molecule has 1 N–H and O–H groups in total. The molecule has 3 rings (SSSR count). The first-order valence-corrected chi connectivity index (χ1v) is 9.08. The van der Waals surface area contributed by atoms with Crippen LogP contribution in [-0.2, 0) is 4.74 Å². The number of likely N-dealkylation sites (tertiary alicyclic amines) is 1. The van der Waals surface area contributed by atoms with Crippen LogP contribution in [0, 0.1) is 5.92 Å². The zero-order chi connectivity index (χ0) is 16.9. The summed E-state index contributed by atoms with van der Waals surface area (Å²) in [4.78, 5) is 16.7. The fraction of sp³-hybridized carbons (Fsp3) is 0.611. The molecule has 2 aliphatic heterocycles. The number of benzene rings is 1. The molecule has 0 bridgehead atoms. The fourth-order valence-electron chi connectivity index (χ4n) is 3.32. The van der Waals surface area contributed by atoms with Crippen LogP contribution in [0.4, 0.5) is 4.79 Å². The lowest BCUT2D eigenvalue weighted by Gasteiger charge is -2.34. The van der Waals surface area contributed by atoms with Gasteiger partial charge in [0.15, 0.2) is 0 Å². The van der Waals surface area contributed by atoms with E-state index >= 15 is 0 Å². The molecule has 0 aliphatic carbocycles. The Bertz CT molecular complexity index is 544. The lowest BCUT2D eigenvalue weighted by Crippen LogP contribution is -2.48. The van der Waals surface area contributed by atoms with E-state index in [-0.39, 0.29) is 12.1 Å². The Morgan fingerprint density at radius 3 is 2.67 bits per heavy atom. The van der Waals surface area contributed by atoms with Crippen molar-refractivity contribution < 1.29 is 9.53 Å². The van der Waals surface area contributed by atoms with E-state index in [0.29, 0.717) is 30.6 Å². The molecule has 2 amide bonds. The van der Waals surface area contributed by atoms with Gasteiger partial charge in [-0.05, 0) is 56.6 Å². The number of halogens is 1. The van der Waals surface area contributed by atoms with Gasteiger partial charge in [-0.1, -0.05) is 23.7 Å². The van der Waals surface area contributed by atoms with Crippen LogP contribution in [0.25, 0.3) is 0 Å². The van der Waals surface area contributed by atoms with E-state index in [9.17, 15) is 4.79 Å². The summed E-state index contributed by atoms with van der Waals surface area (Å²) in [7, 11) is 2.15. The monoisotopic (exact) mass is 351 g/mol. The van der Waals surface area contributed by atoms with E-state index in [2.05, 4.69) is 17.3 Å². The summed E-state index contributed by atoms with van der Waals surface area (Å²) < 4.78 is 5.82. The topological polar surface area (TPSA) is 44.8 Å². The second-order valence-corrected chi connectivity index (χ2v) is 7.23. The van der Waals surface area contributed by atoms with Crippen molar-refractivity contribution in [3.8, 4) is 0 Å². The Morgan fingerprint density at radius 1 is 1.25 bits per heavy atom. The lowest BCUT2D eigenvalue weighted by molar-refractivity contribution is -0.0155. The van der Waals surface area contributed by atoms with Crippen LogP contribution in [0.2, 0.25) is 5.02 Å². The Morgan fingerprint density at radius 2 is 1.96 bits per heavy atom. The molecule has 6 heteroatoms. The molecular weight excluding hydrogens is 326 g/mol. The summed E-state index contributed by atoms with van der Waals surface area (Å²) in [5.74, 6) is 0.596. The molecule has 0 aromatic heterocycles. The molecule has 0 unspecified atom stereocenters. The predicted molar refractivity (Wildman–Crippen MR) is 95.3 cm³/mol. The van der Waals surface area contributed by atoms with Crippen LogP contribution < -0.4 is 5.32 Å². The molecule has 2 saturated heterocycles. The minimum atomic E-state index is -0.0786. The predicted octanol–water partition coefficient (Wildman–Crippen LogP) is 2.76. The van der Waals surface area contributed by atoms with Crippen molar-refractivity contribution >= 4 is 17.6 Å². The molecule has 24 heavy (non-hydrogen) atoms. The van der Waals surface area contributed by atoms with Crippen LogP contribution in [0.3, 0.4) is 0 Å². The number of urea groups is 1. The highest BCUT2D eigenvalue weighted by atomic mass is 35.5. The number of carbonyl (C=O) groups excluding carboxylic acids is 1. The molecule has 0 saturated carbocycles. The Labute approximate surface area is 148 Å². The summed E-state index contributed by atoms with van der Waals surface area (Å²) in [6.07, 6.45) is 2.24. The fourth-order valence-corrected chi connectivity index (χ4v) is 3.45. The number of hydrogen-bond acceptors (Lipinski definition) is 3. The molecule has 0 spiro atoms. The van der Waals surface area contributed by atoms with Crippen molar-refractivity contribution in [3.05, 3.63) is 34.9 Å². The number of hydrogen-bond donors (Lipinski definition) is 1. The largest absolute Gasteiger partial charge is 0.370 e. The van der Waals surface area contributed by atoms with E-state index in [0.717, 1.165) is 38.0 Å². The zero-order valence-electron chi connectivity index (χ0n) is 14.2. The van der Waals surface area contributed by atoms with Crippen LogP contribution >= 0.6 is 11.6 Å². The van der Waals surface area contributed by atoms with Crippen LogP contribution in [-0.4, -0.2) is 62.2 Å². The maximum Gasteiger partial charge on any atom is 0.317 e. The second-order valence-electron chi connectivity index (χ2n) is 6.79. The first-order valence-electron chi connectivity index (χ1n) is 8.70. The minimum absolute atomic E-state index is 0.0243. The lowest BCUT2D eigenvalue weighted by atomic mass is 9.97. The van der Waals surface area contributed by atoms with Crippen LogP contribution in [0.15, 0.2) is 24.3 Å². The average molecular weight is 352 g/mol. The van der Waals surface area contributed by atoms with Crippen LogP contribution in [0.5, 0.6) is 0 Å². The zero-order valence-corrected chi connectivity index (χ0v) is 15.0. The SMILES string of the molecule is CN1CCC(CNC(=O)N2CCO[C@H](c3ccc(Cl)cc3)C2)CC1. The Balaban J connectivity index is 1.48. The Hall–Kier alpha value is -1.30. The van der Waals surface area contributed by atoms with Gasteiger partial charge in [-0.3, -0.25) is 0 Å². The highest BCUT2D eigenvalue weighted by Gasteiger charge is 2.26. The summed E-state index contributed by atoms with van der Waals surface area (Å²) in [5.41, 5.74) is 1.06. The number of carbonyl (C=O) groups is 1. The third-order valence-corrected chi connectivity index (χ3v) is 5.23. The van der Waals surface area contributed by atoms with Crippen molar-refractivity contribution in [1.29, 1.82) is 0 Å².